The molecule has 2 N–H and O–H groups in total. The number of aryl methyl sites for hydroxylation is 1. The van der Waals surface area contributed by atoms with Crippen LogP contribution in [0.2, 0.25) is 5.02 Å². The van der Waals surface area contributed by atoms with Gasteiger partial charge in [-0.2, -0.15) is 5.10 Å². The first-order valence-corrected chi connectivity index (χ1v) is 11.1. The number of esters is 1. The lowest BCUT2D eigenvalue weighted by atomic mass is 9.85. The van der Waals surface area contributed by atoms with Crippen molar-refractivity contribution in [1.82, 2.24) is 19.9 Å². The number of hydrogen-bond donors (Lipinski definition) is 2. The van der Waals surface area contributed by atoms with E-state index >= 15 is 0 Å². The first-order chi connectivity index (χ1) is 16.3. The summed E-state index contributed by atoms with van der Waals surface area (Å²) in [5, 5.41) is 10.0. The predicted octanol–water partition coefficient (Wildman–Crippen LogP) is 3.54. The fraction of sp³-hybridized carbons (Fsp3) is 0.348. The number of nitrogens with zero attached hydrogens (tertiary/aromatic N) is 3. The molecule has 0 spiro atoms. The Morgan fingerprint density at radius 3 is 2.59 bits per heavy atom. The van der Waals surface area contributed by atoms with Crippen molar-refractivity contribution in [3.05, 3.63) is 58.3 Å². The topological polar surface area (TPSA) is 115 Å². The molecule has 0 atom stereocenters. The van der Waals surface area contributed by atoms with Crippen molar-refractivity contribution in [2.24, 2.45) is 5.92 Å². The highest BCUT2D eigenvalue weighted by atomic mass is 35.5. The standard InChI is InChI=1S/C23H23ClFN5O4/c1-12-9-19(23(33)34-2)30-20(27-12)16(11-26-30)22(32)28-15-6-3-13(4-7-15)21(31)29-18-8-5-14(25)10-17(18)24/h5,8-11,13,15H,3-4,6-7H2,1-2H3,(H,28,32)(H,29,31)/t13-,15-. The van der Waals surface area contributed by atoms with E-state index in [1.165, 1.54) is 30.0 Å². The lowest BCUT2D eigenvalue weighted by Gasteiger charge is -2.28. The maximum atomic E-state index is 13.2. The van der Waals surface area contributed by atoms with Gasteiger partial charge in [0.05, 0.1) is 24.0 Å². The van der Waals surface area contributed by atoms with Crippen LogP contribution < -0.4 is 10.6 Å². The second-order valence-corrected chi connectivity index (χ2v) is 8.61. The van der Waals surface area contributed by atoms with Crippen molar-refractivity contribution in [2.75, 3.05) is 12.4 Å². The molecule has 4 rings (SSSR count). The average molecular weight is 488 g/mol. The molecule has 0 radical (unpaired) electrons. The molecule has 2 aromatic heterocycles. The van der Waals surface area contributed by atoms with Crippen LogP contribution in [0.25, 0.3) is 5.65 Å². The van der Waals surface area contributed by atoms with E-state index in [1.807, 2.05) is 0 Å². The number of carbonyl (C=O) groups excluding carboxylic acids is 3. The first-order valence-electron chi connectivity index (χ1n) is 10.8. The number of nitrogens with one attached hydrogen (secondary N) is 2. The van der Waals surface area contributed by atoms with Gasteiger partial charge in [-0.25, -0.2) is 18.7 Å². The minimum atomic E-state index is -0.580. The highest BCUT2D eigenvalue weighted by Gasteiger charge is 2.29. The summed E-state index contributed by atoms with van der Waals surface area (Å²) in [6.45, 7) is 1.71. The molecule has 1 aromatic carbocycles. The molecule has 2 heterocycles. The van der Waals surface area contributed by atoms with Crippen molar-refractivity contribution in [1.29, 1.82) is 0 Å². The molecule has 1 aliphatic rings. The van der Waals surface area contributed by atoms with Crippen LogP contribution in [0.3, 0.4) is 0 Å². The van der Waals surface area contributed by atoms with E-state index in [2.05, 4.69) is 20.7 Å². The molecule has 11 heteroatoms. The Labute approximate surface area is 199 Å². The Balaban J connectivity index is 1.38. The minimum Gasteiger partial charge on any atom is -0.464 e. The van der Waals surface area contributed by atoms with Crippen molar-refractivity contribution < 1.29 is 23.5 Å². The molecule has 1 aliphatic carbocycles. The number of amides is 2. The Kier molecular flexibility index (Phi) is 6.78. The van der Waals surface area contributed by atoms with Crippen LogP contribution in [0.1, 0.15) is 52.2 Å². The number of halogens is 2. The quantitative estimate of drug-likeness (QED) is 0.532. The molecule has 34 heavy (non-hydrogen) atoms. The van der Waals surface area contributed by atoms with Gasteiger partial charge >= 0.3 is 5.97 Å². The normalized spacial score (nSPS) is 17.9. The number of carbonyl (C=O) groups is 3. The third-order valence-electron chi connectivity index (χ3n) is 5.86. The number of rotatable bonds is 5. The highest BCUT2D eigenvalue weighted by Crippen LogP contribution is 2.28. The van der Waals surface area contributed by atoms with Crippen LogP contribution in [0.4, 0.5) is 10.1 Å². The molecule has 178 valence electrons. The molecule has 1 saturated carbocycles. The summed E-state index contributed by atoms with van der Waals surface area (Å²) in [7, 11) is 1.27. The van der Waals surface area contributed by atoms with Gasteiger partial charge in [0.25, 0.3) is 5.91 Å². The Bertz CT molecular complexity index is 1270. The number of ether oxygens (including phenoxy) is 1. The van der Waals surface area contributed by atoms with Gasteiger partial charge in [0, 0.05) is 17.7 Å². The molecule has 0 saturated heterocycles. The van der Waals surface area contributed by atoms with Gasteiger partial charge in [-0.15, -0.1) is 0 Å². The zero-order valence-electron chi connectivity index (χ0n) is 18.6. The highest BCUT2D eigenvalue weighted by molar-refractivity contribution is 6.33. The summed E-state index contributed by atoms with van der Waals surface area (Å²) in [6.07, 6.45) is 3.75. The number of benzene rings is 1. The predicted molar refractivity (Wildman–Crippen MR) is 122 cm³/mol. The maximum Gasteiger partial charge on any atom is 0.356 e. The number of hydrogen-bond acceptors (Lipinski definition) is 6. The van der Waals surface area contributed by atoms with Crippen molar-refractivity contribution >= 4 is 40.7 Å². The Morgan fingerprint density at radius 2 is 1.91 bits per heavy atom. The van der Waals surface area contributed by atoms with Crippen LogP contribution >= 0.6 is 11.6 Å². The van der Waals surface area contributed by atoms with Crippen LogP contribution in [0.15, 0.2) is 30.5 Å². The van der Waals surface area contributed by atoms with Crippen molar-refractivity contribution in [2.45, 2.75) is 38.6 Å². The van der Waals surface area contributed by atoms with E-state index in [1.54, 1.807) is 13.0 Å². The minimum absolute atomic E-state index is 0.120. The van der Waals surface area contributed by atoms with Gasteiger partial charge in [0.1, 0.15) is 11.4 Å². The second-order valence-electron chi connectivity index (χ2n) is 8.20. The van der Waals surface area contributed by atoms with Gasteiger partial charge in [0.2, 0.25) is 5.91 Å². The summed E-state index contributed by atoms with van der Waals surface area (Å²) >= 11 is 5.99. The molecule has 0 aliphatic heterocycles. The molecule has 9 nitrogen and oxygen atoms in total. The SMILES string of the molecule is COC(=O)c1cc(C)nc2c(C(=O)N[C@H]3CC[C@H](C(=O)Nc4ccc(F)cc4Cl)CC3)cnn12. The molecule has 0 unspecified atom stereocenters. The Morgan fingerprint density at radius 1 is 1.18 bits per heavy atom. The van der Waals surface area contributed by atoms with Crippen LogP contribution in [0.5, 0.6) is 0 Å². The summed E-state index contributed by atoms with van der Waals surface area (Å²) < 4.78 is 19.3. The Hall–Kier alpha value is -3.53. The van der Waals surface area contributed by atoms with E-state index in [9.17, 15) is 18.8 Å². The molecule has 1 fully saturated rings. The van der Waals surface area contributed by atoms with Crippen molar-refractivity contribution in [3.63, 3.8) is 0 Å². The zero-order valence-corrected chi connectivity index (χ0v) is 19.4. The second kappa shape index (κ2) is 9.76. The van der Waals surface area contributed by atoms with Gasteiger partial charge in [-0.05, 0) is 56.9 Å². The first kappa shape index (κ1) is 23.6. The van der Waals surface area contributed by atoms with Crippen LogP contribution in [-0.2, 0) is 9.53 Å². The number of methoxy groups -OCH3 is 1. The van der Waals surface area contributed by atoms with Gasteiger partial charge in [0.15, 0.2) is 11.3 Å². The smallest absolute Gasteiger partial charge is 0.356 e. The van der Waals surface area contributed by atoms with Gasteiger partial charge < -0.3 is 15.4 Å². The fourth-order valence-electron chi connectivity index (χ4n) is 4.08. The van der Waals surface area contributed by atoms with E-state index < -0.39 is 11.8 Å². The monoisotopic (exact) mass is 487 g/mol. The lowest BCUT2D eigenvalue weighted by Crippen LogP contribution is -2.39. The lowest BCUT2D eigenvalue weighted by molar-refractivity contribution is -0.120. The summed E-state index contributed by atoms with van der Waals surface area (Å²) in [6, 6.07) is 5.23. The number of aromatic nitrogens is 3. The molecule has 3 aromatic rings. The fourth-order valence-corrected chi connectivity index (χ4v) is 4.30. The molecule has 2 amide bonds. The summed E-state index contributed by atoms with van der Waals surface area (Å²) in [5.74, 6) is -1.83. The van der Waals surface area contributed by atoms with E-state index in [0.29, 0.717) is 37.1 Å². The molecule has 0 bridgehead atoms. The number of anilines is 1. The zero-order chi connectivity index (χ0) is 24.4. The average Bonchev–Trinajstić information content (AvgIpc) is 3.24. The summed E-state index contributed by atoms with van der Waals surface area (Å²) in [4.78, 5) is 41.9. The van der Waals surface area contributed by atoms with Crippen LogP contribution in [0, 0.1) is 18.7 Å². The van der Waals surface area contributed by atoms with Crippen molar-refractivity contribution in [3.8, 4) is 0 Å². The van der Waals surface area contributed by atoms with Crippen LogP contribution in [-0.4, -0.2) is 45.5 Å². The molecular weight excluding hydrogens is 465 g/mol. The van der Waals surface area contributed by atoms with E-state index in [-0.39, 0.29) is 45.7 Å². The van der Waals surface area contributed by atoms with E-state index in [0.717, 1.165) is 6.07 Å². The summed E-state index contributed by atoms with van der Waals surface area (Å²) in [5.41, 5.74) is 1.61. The van der Waals surface area contributed by atoms with Gasteiger partial charge in [-0.1, -0.05) is 11.6 Å². The number of fused-ring (bicyclic) bond motifs is 1. The third kappa shape index (κ3) is 4.86. The molecular formula is C23H23ClFN5O4. The van der Waals surface area contributed by atoms with E-state index in [4.69, 9.17) is 16.3 Å². The largest absolute Gasteiger partial charge is 0.464 e. The van der Waals surface area contributed by atoms with Gasteiger partial charge in [-0.3, -0.25) is 9.59 Å². The maximum absolute atomic E-state index is 13.2. The third-order valence-corrected chi connectivity index (χ3v) is 6.17.